The first-order chi connectivity index (χ1) is 25.0. The highest BCUT2D eigenvalue weighted by Gasteiger charge is 2.41. The molecule has 0 radical (unpaired) electrons. The number of hydrogen-bond acceptors (Lipinski definition) is 8. The topological polar surface area (TPSA) is 112 Å². The van der Waals surface area contributed by atoms with E-state index in [9.17, 15) is 19.5 Å². The van der Waals surface area contributed by atoms with Crippen molar-refractivity contribution in [3.63, 3.8) is 0 Å². The number of ether oxygens (including phenoxy) is 2. The summed E-state index contributed by atoms with van der Waals surface area (Å²) in [5, 5.41) is 9.44. The summed E-state index contributed by atoms with van der Waals surface area (Å²) in [6.45, 7) is 34.5. The molecule has 9 nitrogen and oxygen atoms in total. The minimum atomic E-state index is -2.13. The molecule has 0 aromatic carbocycles. The van der Waals surface area contributed by atoms with Gasteiger partial charge in [-0.25, -0.2) is 0 Å². The third-order valence-corrected chi connectivity index (χ3v) is 21.2. The van der Waals surface area contributed by atoms with Gasteiger partial charge in [-0.1, -0.05) is 108 Å². The van der Waals surface area contributed by atoms with E-state index in [1.165, 1.54) is 0 Å². The molecule has 0 aromatic heterocycles. The SMILES string of the molecule is CCC(CC)COC(=O)CCCCC(CN(CCCCC(=O)O)CC(CCCCC(=O)OCC(CC)CC)O[Si](C)(C)C(C)(C)C)O[Si](C)(C)C(C)(C)C. The van der Waals surface area contributed by atoms with Gasteiger partial charge in [-0.05, 0) is 93.2 Å². The maximum absolute atomic E-state index is 12.6. The number of rotatable bonds is 31. The molecule has 0 heterocycles. The number of esters is 2. The highest BCUT2D eigenvalue weighted by Crippen LogP contribution is 2.39. The minimum Gasteiger partial charge on any atom is -0.481 e. The van der Waals surface area contributed by atoms with Gasteiger partial charge in [0.05, 0.1) is 25.4 Å². The molecule has 0 aliphatic heterocycles. The van der Waals surface area contributed by atoms with E-state index in [1.54, 1.807) is 0 Å². The zero-order valence-electron chi connectivity index (χ0n) is 37.7. The average Bonchev–Trinajstić information content (AvgIpc) is 3.06. The van der Waals surface area contributed by atoms with Gasteiger partial charge >= 0.3 is 17.9 Å². The van der Waals surface area contributed by atoms with Crippen LogP contribution in [0.4, 0.5) is 0 Å². The Morgan fingerprint density at radius 1 is 0.574 bits per heavy atom. The molecule has 0 aromatic rings. The smallest absolute Gasteiger partial charge is 0.305 e. The van der Waals surface area contributed by atoms with Crippen molar-refractivity contribution in [2.75, 3.05) is 32.8 Å². The van der Waals surface area contributed by atoms with Crippen molar-refractivity contribution in [2.24, 2.45) is 11.8 Å². The van der Waals surface area contributed by atoms with Crippen LogP contribution in [-0.2, 0) is 32.7 Å². The fourth-order valence-corrected chi connectivity index (χ4v) is 8.66. The highest BCUT2D eigenvalue weighted by molar-refractivity contribution is 6.74. The lowest BCUT2D eigenvalue weighted by Gasteiger charge is -2.42. The van der Waals surface area contributed by atoms with E-state index >= 15 is 0 Å². The molecular formula is C43H87NO8Si2. The molecule has 0 rings (SSSR count). The number of hydrogen-bond donors (Lipinski definition) is 1. The molecule has 1 N–H and O–H groups in total. The van der Waals surface area contributed by atoms with Crippen LogP contribution in [0.3, 0.4) is 0 Å². The first kappa shape index (κ1) is 52.7. The van der Waals surface area contributed by atoms with Crippen molar-refractivity contribution in [3.8, 4) is 0 Å². The summed E-state index contributed by atoms with van der Waals surface area (Å²) in [5.41, 5.74) is 0. The Bertz CT molecular complexity index is 961. The van der Waals surface area contributed by atoms with Crippen LogP contribution in [0.1, 0.15) is 166 Å². The Kier molecular flexibility index (Phi) is 26.0. The van der Waals surface area contributed by atoms with E-state index in [0.29, 0.717) is 44.3 Å². The van der Waals surface area contributed by atoms with Gasteiger partial charge in [0.2, 0.25) is 0 Å². The van der Waals surface area contributed by atoms with E-state index < -0.39 is 22.6 Å². The summed E-state index contributed by atoms with van der Waals surface area (Å²) in [4.78, 5) is 39.0. The molecule has 0 saturated carbocycles. The number of carbonyl (C=O) groups is 3. The van der Waals surface area contributed by atoms with Gasteiger partial charge in [0.15, 0.2) is 16.6 Å². The quantitative estimate of drug-likeness (QED) is 0.0416. The van der Waals surface area contributed by atoms with Crippen LogP contribution in [0.2, 0.25) is 36.3 Å². The molecule has 0 saturated heterocycles. The van der Waals surface area contributed by atoms with E-state index in [4.69, 9.17) is 18.3 Å². The fraction of sp³-hybridized carbons (Fsp3) is 0.930. The Balaban J connectivity index is 6.07. The highest BCUT2D eigenvalue weighted by atomic mass is 28.4. The minimum absolute atomic E-state index is 0.0238. The van der Waals surface area contributed by atoms with E-state index in [1.807, 2.05) is 0 Å². The second-order valence-electron chi connectivity index (χ2n) is 18.8. The molecule has 0 amide bonds. The van der Waals surface area contributed by atoms with E-state index in [0.717, 1.165) is 90.3 Å². The molecule has 2 atom stereocenters. The van der Waals surface area contributed by atoms with Crippen LogP contribution in [0, 0.1) is 11.8 Å². The standard InChI is InChI=1S/C43H87NO8Si2/c1-15-35(16-2)33-49-40(47)28-21-19-25-37(51-53(11,12)42(5,6)7)31-44(30-24-23-27-39(45)46)32-38(52-54(13,14)43(8,9)10)26-20-22-29-41(48)50-34-36(17-3)18-4/h35-38H,15-34H2,1-14H3,(H,45,46). The molecule has 320 valence electrons. The fourth-order valence-electron chi connectivity index (χ4n) is 5.90. The lowest BCUT2D eigenvalue weighted by molar-refractivity contribution is -0.146. The van der Waals surface area contributed by atoms with E-state index in [-0.39, 0.29) is 40.6 Å². The summed E-state index contributed by atoms with van der Waals surface area (Å²) in [6.07, 6.45) is 11.3. The first-order valence-electron chi connectivity index (χ1n) is 21.6. The zero-order chi connectivity index (χ0) is 41.6. The van der Waals surface area contributed by atoms with Gasteiger partial charge in [-0.2, -0.15) is 0 Å². The first-order valence-corrected chi connectivity index (χ1v) is 27.4. The van der Waals surface area contributed by atoms with Crippen LogP contribution >= 0.6 is 0 Å². The number of carboxylic acids is 1. The van der Waals surface area contributed by atoms with Crippen molar-refractivity contribution in [1.29, 1.82) is 0 Å². The van der Waals surface area contributed by atoms with Gasteiger partial charge < -0.3 is 23.4 Å². The summed E-state index contributed by atoms with van der Waals surface area (Å²) in [7, 11) is -4.25. The van der Waals surface area contributed by atoms with Crippen LogP contribution < -0.4 is 0 Å². The number of nitrogens with zero attached hydrogens (tertiary/aromatic N) is 1. The maximum atomic E-state index is 12.6. The van der Waals surface area contributed by atoms with Crippen LogP contribution in [-0.4, -0.2) is 89.6 Å². The molecule has 0 fully saturated rings. The summed E-state index contributed by atoms with van der Waals surface area (Å²) < 4.78 is 25.4. The van der Waals surface area contributed by atoms with Gasteiger partial charge in [0.25, 0.3) is 0 Å². The summed E-state index contributed by atoms with van der Waals surface area (Å²) in [6, 6.07) is 0. The lowest BCUT2D eigenvalue weighted by Crippen LogP contribution is -2.50. The van der Waals surface area contributed by atoms with Crippen molar-refractivity contribution in [2.45, 2.75) is 214 Å². The predicted octanol–water partition coefficient (Wildman–Crippen LogP) is 11.4. The third-order valence-electron chi connectivity index (χ3n) is 12.2. The molecular weight excluding hydrogens is 715 g/mol. The average molecular weight is 802 g/mol. The Morgan fingerprint density at radius 3 is 1.24 bits per heavy atom. The normalized spacial score (nSPS) is 14.2. The van der Waals surface area contributed by atoms with Crippen LogP contribution in [0.5, 0.6) is 0 Å². The third kappa shape index (κ3) is 23.1. The lowest BCUT2D eigenvalue weighted by atomic mass is 10.1. The summed E-state index contributed by atoms with van der Waals surface area (Å²) in [5.74, 6) is -0.162. The number of carbonyl (C=O) groups excluding carboxylic acids is 2. The Hall–Kier alpha value is -1.28. The molecule has 54 heavy (non-hydrogen) atoms. The largest absolute Gasteiger partial charge is 0.481 e. The number of aliphatic carboxylic acids is 1. The van der Waals surface area contributed by atoms with Crippen LogP contribution in [0.15, 0.2) is 0 Å². The van der Waals surface area contributed by atoms with Gasteiger partial charge in [0, 0.05) is 32.4 Å². The van der Waals surface area contributed by atoms with Gasteiger partial charge in [0.1, 0.15) is 0 Å². The number of unbranched alkanes of at least 4 members (excludes halogenated alkanes) is 3. The van der Waals surface area contributed by atoms with Gasteiger partial charge in [-0.15, -0.1) is 0 Å². The Labute approximate surface area is 335 Å². The summed E-state index contributed by atoms with van der Waals surface area (Å²) >= 11 is 0. The second kappa shape index (κ2) is 26.6. The van der Waals surface area contributed by atoms with Crippen molar-refractivity contribution in [1.82, 2.24) is 4.90 Å². The maximum Gasteiger partial charge on any atom is 0.305 e. The Morgan fingerprint density at radius 2 is 0.926 bits per heavy atom. The molecule has 2 unspecified atom stereocenters. The van der Waals surface area contributed by atoms with Gasteiger partial charge in [-0.3, -0.25) is 19.3 Å². The molecule has 0 aliphatic rings. The predicted molar refractivity (Wildman–Crippen MR) is 229 cm³/mol. The molecule has 11 heteroatoms. The van der Waals surface area contributed by atoms with Crippen molar-refractivity contribution >= 4 is 34.5 Å². The molecule has 0 bridgehead atoms. The molecule has 0 aliphatic carbocycles. The van der Waals surface area contributed by atoms with Crippen LogP contribution in [0.25, 0.3) is 0 Å². The number of carboxylic acid groups (broad SMARTS) is 1. The van der Waals surface area contributed by atoms with Crippen molar-refractivity contribution in [3.05, 3.63) is 0 Å². The zero-order valence-corrected chi connectivity index (χ0v) is 39.7. The van der Waals surface area contributed by atoms with Crippen molar-refractivity contribution < 1.29 is 37.8 Å². The second-order valence-corrected chi connectivity index (χ2v) is 28.3. The van der Waals surface area contributed by atoms with E-state index in [2.05, 4.69) is 100 Å². The monoisotopic (exact) mass is 802 g/mol. The molecule has 0 spiro atoms.